The molecule has 158 valence electrons. The lowest BCUT2D eigenvalue weighted by Crippen LogP contribution is -2.43. The summed E-state index contributed by atoms with van der Waals surface area (Å²) in [6.07, 6.45) is 0.726. The zero-order valence-electron chi connectivity index (χ0n) is 17.0. The molecule has 0 aliphatic carbocycles. The normalized spacial score (nSPS) is 16.0. The monoisotopic (exact) mass is 418 g/mol. The van der Waals surface area contributed by atoms with E-state index in [0.29, 0.717) is 23.4 Å². The van der Waals surface area contributed by atoms with Crippen LogP contribution in [0.3, 0.4) is 0 Å². The molecule has 0 saturated carbocycles. The van der Waals surface area contributed by atoms with Crippen molar-refractivity contribution in [3.8, 4) is 22.5 Å². The molecule has 1 aromatic heterocycles. The molecule has 1 saturated heterocycles. The number of hydrogen-bond donors (Lipinski definition) is 3. The number of fused-ring (bicyclic) bond motifs is 1. The highest BCUT2D eigenvalue weighted by molar-refractivity contribution is 5.97. The summed E-state index contributed by atoms with van der Waals surface area (Å²) in [5.74, 6) is -0.761. The van der Waals surface area contributed by atoms with Gasteiger partial charge in [-0.3, -0.25) is 4.79 Å². The zero-order chi connectivity index (χ0) is 21.4. The fraction of sp³-hybridized carbons (Fsp3) is 0.261. The summed E-state index contributed by atoms with van der Waals surface area (Å²) >= 11 is 0. The third-order valence-corrected chi connectivity index (χ3v) is 5.81. The van der Waals surface area contributed by atoms with Crippen molar-refractivity contribution >= 4 is 17.4 Å². The molecular formula is C23H23FN6O. The van der Waals surface area contributed by atoms with Gasteiger partial charge in [0.1, 0.15) is 11.4 Å². The van der Waals surface area contributed by atoms with Gasteiger partial charge in [0.25, 0.3) is 5.91 Å². The number of nitrogens with one attached hydrogen (secondary N) is 2. The molecule has 0 unspecified atom stereocenters. The predicted octanol–water partition coefficient (Wildman–Crippen LogP) is 2.23. The molecule has 0 radical (unpaired) electrons. The second-order valence-electron chi connectivity index (χ2n) is 7.76. The molecule has 5 rings (SSSR count). The Hall–Kier alpha value is -3.52. The maximum atomic E-state index is 14.7. The smallest absolute Gasteiger partial charge is 0.251 e. The lowest BCUT2D eigenvalue weighted by atomic mass is 9.96. The van der Waals surface area contributed by atoms with Crippen molar-refractivity contribution in [2.75, 3.05) is 43.4 Å². The number of nitrogens with two attached hydrogens (primary N) is 1. The van der Waals surface area contributed by atoms with E-state index in [2.05, 4.69) is 25.5 Å². The third kappa shape index (κ3) is 3.70. The van der Waals surface area contributed by atoms with Crippen LogP contribution in [0.4, 0.5) is 15.9 Å². The molecule has 0 bridgehead atoms. The van der Waals surface area contributed by atoms with Crippen LogP contribution < -0.4 is 21.3 Å². The van der Waals surface area contributed by atoms with Gasteiger partial charge in [0.15, 0.2) is 5.82 Å². The minimum atomic E-state index is -0.700. The first kappa shape index (κ1) is 19.4. The van der Waals surface area contributed by atoms with Gasteiger partial charge in [-0.05, 0) is 36.2 Å². The number of rotatable bonds is 3. The van der Waals surface area contributed by atoms with E-state index in [1.807, 2.05) is 30.3 Å². The van der Waals surface area contributed by atoms with Gasteiger partial charge in [-0.1, -0.05) is 18.2 Å². The fourth-order valence-electron chi connectivity index (χ4n) is 4.15. The van der Waals surface area contributed by atoms with Gasteiger partial charge in [0, 0.05) is 55.1 Å². The van der Waals surface area contributed by atoms with Crippen molar-refractivity contribution in [1.29, 1.82) is 0 Å². The molecule has 7 nitrogen and oxygen atoms in total. The van der Waals surface area contributed by atoms with Crippen LogP contribution >= 0.6 is 0 Å². The molecule has 0 atom stereocenters. The first-order valence-corrected chi connectivity index (χ1v) is 10.4. The Balaban J connectivity index is 1.50. The number of amides is 1. The van der Waals surface area contributed by atoms with Gasteiger partial charge in [-0.2, -0.15) is 9.37 Å². The summed E-state index contributed by atoms with van der Waals surface area (Å²) in [4.78, 5) is 22.7. The Bertz CT molecular complexity index is 1140. The molecule has 2 aliphatic heterocycles. The standard InChI is InChI=1S/C23H23FN6O/c24-21-19(14-1-4-17(5-2-14)30-11-9-26-10-12-30)28-20(22(25)29-21)16-3-6-18-15(13-16)7-8-27-23(18)31/h1-6,13,26H,7-12H2,(H2,25,29)(H,27,31). The largest absolute Gasteiger partial charge is 0.382 e. The van der Waals surface area contributed by atoms with E-state index in [1.165, 1.54) is 0 Å². The molecular weight excluding hydrogens is 395 g/mol. The van der Waals surface area contributed by atoms with Gasteiger partial charge >= 0.3 is 0 Å². The number of halogens is 1. The van der Waals surface area contributed by atoms with Crippen molar-refractivity contribution in [2.45, 2.75) is 6.42 Å². The second-order valence-corrected chi connectivity index (χ2v) is 7.76. The summed E-state index contributed by atoms with van der Waals surface area (Å²) < 4.78 is 14.7. The second kappa shape index (κ2) is 7.96. The minimum absolute atomic E-state index is 0.0268. The number of aromatic nitrogens is 2. The van der Waals surface area contributed by atoms with Crippen LogP contribution in [0, 0.1) is 5.95 Å². The highest BCUT2D eigenvalue weighted by atomic mass is 19.1. The van der Waals surface area contributed by atoms with E-state index in [1.54, 1.807) is 12.1 Å². The van der Waals surface area contributed by atoms with E-state index >= 15 is 0 Å². The number of carbonyl (C=O) groups excluding carboxylic acids is 1. The topological polar surface area (TPSA) is 96.2 Å². The summed E-state index contributed by atoms with van der Waals surface area (Å²) in [6, 6.07) is 13.1. The summed E-state index contributed by atoms with van der Waals surface area (Å²) in [5.41, 5.74) is 10.6. The van der Waals surface area contributed by atoms with Gasteiger partial charge in [0.2, 0.25) is 5.95 Å². The van der Waals surface area contributed by atoms with E-state index in [9.17, 15) is 9.18 Å². The molecule has 2 aromatic carbocycles. The third-order valence-electron chi connectivity index (χ3n) is 5.81. The van der Waals surface area contributed by atoms with Crippen molar-refractivity contribution in [1.82, 2.24) is 20.6 Å². The molecule has 1 fully saturated rings. The maximum Gasteiger partial charge on any atom is 0.251 e. The number of nitrogen functional groups attached to an aromatic ring is 1. The maximum absolute atomic E-state index is 14.7. The number of carbonyl (C=O) groups is 1. The Labute approximate surface area is 179 Å². The lowest BCUT2D eigenvalue weighted by molar-refractivity contribution is 0.0946. The molecule has 8 heteroatoms. The van der Waals surface area contributed by atoms with Crippen LogP contribution in [0.5, 0.6) is 0 Å². The molecule has 0 spiro atoms. The van der Waals surface area contributed by atoms with Crippen molar-refractivity contribution in [3.63, 3.8) is 0 Å². The average molecular weight is 418 g/mol. The lowest BCUT2D eigenvalue weighted by Gasteiger charge is -2.29. The quantitative estimate of drug-likeness (QED) is 0.604. The number of hydrogen-bond acceptors (Lipinski definition) is 6. The van der Waals surface area contributed by atoms with Crippen LogP contribution in [0.2, 0.25) is 0 Å². The van der Waals surface area contributed by atoms with Crippen LogP contribution in [-0.2, 0) is 6.42 Å². The van der Waals surface area contributed by atoms with Gasteiger partial charge < -0.3 is 21.3 Å². The molecule has 3 aromatic rings. The van der Waals surface area contributed by atoms with E-state index in [0.717, 1.165) is 49.4 Å². The average Bonchev–Trinajstić information content (AvgIpc) is 2.80. The van der Waals surface area contributed by atoms with Crippen molar-refractivity contribution in [3.05, 3.63) is 59.5 Å². The molecule has 4 N–H and O–H groups in total. The van der Waals surface area contributed by atoms with Crippen LogP contribution in [0.15, 0.2) is 42.5 Å². The van der Waals surface area contributed by atoms with Gasteiger partial charge in [-0.15, -0.1) is 0 Å². The fourth-order valence-corrected chi connectivity index (χ4v) is 4.15. The molecule has 31 heavy (non-hydrogen) atoms. The molecule has 3 heterocycles. The Morgan fingerprint density at radius 2 is 1.68 bits per heavy atom. The Morgan fingerprint density at radius 1 is 0.935 bits per heavy atom. The predicted molar refractivity (Wildman–Crippen MR) is 118 cm³/mol. The highest BCUT2D eigenvalue weighted by Gasteiger charge is 2.20. The molecule has 2 aliphatic rings. The first-order valence-electron chi connectivity index (χ1n) is 10.4. The van der Waals surface area contributed by atoms with Gasteiger partial charge in [0.05, 0.1) is 0 Å². The van der Waals surface area contributed by atoms with Crippen LogP contribution in [0.1, 0.15) is 15.9 Å². The minimum Gasteiger partial charge on any atom is -0.382 e. The summed E-state index contributed by atoms with van der Waals surface area (Å²) in [5, 5.41) is 6.16. The van der Waals surface area contributed by atoms with E-state index < -0.39 is 5.95 Å². The van der Waals surface area contributed by atoms with Gasteiger partial charge in [-0.25, -0.2) is 4.98 Å². The zero-order valence-corrected chi connectivity index (χ0v) is 17.0. The first-order chi connectivity index (χ1) is 15.1. The van der Waals surface area contributed by atoms with E-state index in [-0.39, 0.29) is 17.4 Å². The van der Waals surface area contributed by atoms with Crippen LogP contribution in [-0.4, -0.2) is 48.6 Å². The van der Waals surface area contributed by atoms with Crippen molar-refractivity contribution in [2.24, 2.45) is 0 Å². The van der Waals surface area contributed by atoms with E-state index in [4.69, 9.17) is 5.73 Å². The Kier molecular flexibility index (Phi) is 4.99. The number of anilines is 2. The van der Waals surface area contributed by atoms with Crippen molar-refractivity contribution < 1.29 is 9.18 Å². The highest BCUT2D eigenvalue weighted by Crippen LogP contribution is 2.31. The SMILES string of the molecule is Nc1nc(F)c(-c2ccc(N3CCNCC3)cc2)nc1-c1ccc2c(c1)CCNC2=O. The number of nitrogens with zero attached hydrogens (tertiary/aromatic N) is 3. The Morgan fingerprint density at radius 3 is 2.45 bits per heavy atom. The number of piperazine rings is 1. The van der Waals surface area contributed by atoms with Crippen LogP contribution in [0.25, 0.3) is 22.5 Å². The summed E-state index contributed by atoms with van der Waals surface area (Å²) in [7, 11) is 0. The molecule has 1 amide bonds. The number of benzene rings is 2. The summed E-state index contributed by atoms with van der Waals surface area (Å²) in [6.45, 7) is 4.37.